The Morgan fingerprint density at radius 1 is 1.56 bits per heavy atom. The average Bonchev–Trinajstić information content (AvgIpc) is 2.28. The number of rotatable bonds is 5. The first kappa shape index (κ1) is 12.9. The quantitative estimate of drug-likeness (QED) is 0.464. The third-order valence-electron chi connectivity index (χ3n) is 1.87. The lowest BCUT2D eigenvalue weighted by atomic mass is 10.2. The van der Waals surface area contributed by atoms with Crippen molar-refractivity contribution in [2.45, 2.75) is 11.8 Å². The minimum atomic E-state index is -0.353. The van der Waals surface area contributed by atoms with Crippen molar-refractivity contribution < 1.29 is 14.6 Å². The lowest BCUT2D eigenvalue weighted by molar-refractivity contribution is 0.0526. The van der Waals surface area contributed by atoms with Crippen molar-refractivity contribution in [3.63, 3.8) is 0 Å². The summed E-state index contributed by atoms with van der Waals surface area (Å²) in [4.78, 5) is 12.3. The largest absolute Gasteiger partial charge is 0.462 e. The van der Waals surface area contributed by atoms with Gasteiger partial charge in [-0.25, -0.2) is 4.79 Å². The van der Waals surface area contributed by atoms with Gasteiger partial charge in [0.25, 0.3) is 0 Å². The zero-order valence-corrected chi connectivity index (χ0v) is 9.92. The van der Waals surface area contributed by atoms with E-state index < -0.39 is 0 Å². The van der Waals surface area contributed by atoms with Crippen LogP contribution in [0, 0.1) is 0 Å². The van der Waals surface area contributed by atoms with Crippen LogP contribution in [0.1, 0.15) is 17.3 Å². The van der Waals surface area contributed by atoms with Crippen LogP contribution in [0.4, 0.5) is 5.69 Å². The summed E-state index contributed by atoms with van der Waals surface area (Å²) < 4.78 is 4.89. The number of hydrogen-bond acceptors (Lipinski definition) is 5. The summed E-state index contributed by atoms with van der Waals surface area (Å²) in [6.07, 6.45) is 0. The van der Waals surface area contributed by atoms with Crippen molar-refractivity contribution in [3.8, 4) is 0 Å². The van der Waals surface area contributed by atoms with Crippen molar-refractivity contribution >= 4 is 23.4 Å². The number of carbonyl (C=O) groups is 1. The Morgan fingerprint density at radius 2 is 2.31 bits per heavy atom. The maximum Gasteiger partial charge on any atom is 0.338 e. The molecule has 0 radical (unpaired) electrons. The summed E-state index contributed by atoms with van der Waals surface area (Å²) in [5.41, 5.74) is 6.84. The molecule has 0 unspecified atom stereocenters. The maximum absolute atomic E-state index is 11.5. The van der Waals surface area contributed by atoms with E-state index in [2.05, 4.69) is 0 Å². The van der Waals surface area contributed by atoms with Gasteiger partial charge in [0.2, 0.25) is 0 Å². The molecule has 0 spiro atoms. The lowest BCUT2D eigenvalue weighted by Crippen LogP contribution is -2.05. The summed E-state index contributed by atoms with van der Waals surface area (Å²) in [5, 5.41) is 8.73. The van der Waals surface area contributed by atoms with Crippen molar-refractivity contribution in [2.24, 2.45) is 0 Å². The Bertz CT molecular complexity index is 368. The molecule has 0 aliphatic carbocycles. The van der Waals surface area contributed by atoms with E-state index in [-0.39, 0.29) is 12.6 Å². The number of nitrogen functional groups attached to an aromatic ring is 1. The number of aliphatic hydroxyl groups excluding tert-OH is 1. The van der Waals surface area contributed by atoms with E-state index in [1.807, 2.05) is 0 Å². The van der Waals surface area contributed by atoms with E-state index in [9.17, 15) is 4.79 Å². The van der Waals surface area contributed by atoms with E-state index in [1.54, 1.807) is 25.1 Å². The van der Waals surface area contributed by atoms with Gasteiger partial charge in [-0.05, 0) is 25.1 Å². The van der Waals surface area contributed by atoms with Gasteiger partial charge in [0.05, 0.1) is 18.8 Å². The molecule has 0 amide bonds. The highest BCUT2D eigenvalue weighted by Crippen LogP contribution is 2.26. The van der Waals surface area contributed by atoms with Gasteiger partial charge in [-0.15, -0.1) is 11.8 Å². The molecular weight excluding hydrogens is 226 g/mol. The van der Waals surface area contributed by atoms with E-state index in [4.69, 9.17) is 15.6 Å². The molecule has 0 aromatic heterocycles. The minimum absolute atomic E-state index is 0.0771. The molecule has 0 aliphatic heterocycles. The summed E-state index contributed by atoms with van der Waals surface area (Å²) in [6, 6.07) is 5.00. The molecular formula is C11H15NO3S. The highest BCUT2D eigenvalue weighted by molar-refractivity contribution is 7.99. The molecule has 1 rings (SSSR count). The molecule has 0 fully saturated rings. The molecule has 4 nitrogen and oxygen atoms in total. The molecule has 0 aliphatic rings. The van der Waals surface area contributed by atoms with Crippen molar-refractivity contribution in [2.75, 3.05) is 24.7 Å². The maximum atomic E-state index is 11.5. The van der Waals surface area contributed by atoms with Crippen LogP contribution < -0.4 is 5.73 Å². The van der Waals surface area contributed by atoms with Gasteiger partial charge in [-0.1, -0.05) is 0 Å². The number of nitrogens with two attached hydrogens (primary N) is 1. The fraction of sp³-hybridized carbons (Fsp3) is 0.364. The first-order valence-corrected chi connectivity index (χ1v) is 5.98. The fourth-order valence-corrected chi connectivity index (χ4v) is 1.91. The molecule has 0 bridgehead atoms. The molecule has 0 saturated heterocycles. The van der Waals surface area contributed by atoms with Crippen LogP contribution in [0.3, 0.4) is 0 Å². The summed E-state index contributed by atoms with van der Waals surface area (Å²) in [7, 11) is 0. The second-order valence-electron chi connectivity index (χ2n) is 3.05. The molecule has 0 heterocycles. The molecule has 0 atom stereocenters. The monoisotopic (exact) mass is 241 g/mol. The fourth-order valence-electron chi connectivity index (χ4n) is 1.16. The SMILES string of the molecule is CCOC(=O)c1ccc(N)c(SCCO)c1. The van der Waals surface area contributed by atoms with Gasteiger partial charge in [-0.2, -0.15) is 0 Å². The first-order valence-electron chi connectivity index (χ1n) is 4.99. The smallest absolute Gasteiger partial charge is 0.338 e. The van der Waals surface area contributed by atoms with Crippen molar-refractivity contribution in [1.82, 2.24) is 0 Å². The number of hydrogen-bond donors (Lipinski definition) is 2. The van der Waals surface area contributed by atoms with Crippen LogP contribution in [0.15, 0.2) is 23.1 Å². The zero-order chi connectivity index (χ0) is 12.0. The number of carbonyl (C=O) groups excluding carboxylic acids is 1. The van der Waals surface area contributed by atoms with Crippen LogP contribution in [0.25, 0.3) is 0 Å². The van der Waals surface area contributed by atoms with E-state index in [0.717, 1.165) is 4.90 Å². The number of esters is 1. The lowest BCUT2D eigenvalue weighted by Gasteiger charge is -2.07. The highest BCUT2D eigenvalue weighted by atomic mass is 32.2. The van der Waals surface area contributed by atoms with Gasteiger partial charge in [0.1, 0.15) is 0 Å². The predicted molar refractivity (Wildman–Crippen MR) is 64.6 cm³/mol. The van der Waals surface area contributed by atoms with Crippen molar-refractivity contribution in [1.29, 1.82) is 0 Å². The Hall–Kier alpha value is -1.20. The van der Waals surface area contributed by atoms with Gasteiger partial charge >= 0.3 is 5.97 Å². The van der Waals surface area contributed by atoms with Crippen LogP contribution in [0.5, 0.6) is 0 Å². The molecule has 0 saturated carbocycles. The standard InChI is InChI=1S/C11H15NO3S/c1-2-15-11(14)8-3-4-9(12)10(7-8)16-6-5-13/h3-4,7,13H,2,5-6,12H2,1H3. The average molecular weight is 241 g/mol. The third-order valence-corrected chi connectivity index (χ3v) is 2.92. The molecule has 1 aromatic rings. The number of thioether (sulfide) groups is 1. The van der Waals surface area contributed by atoms with Crippen LogP contribution in [-0.4, -0.2) is 30.0 Å². The normalized spacial score (nSPS) is 10.1. The molecule has 88 valence electrons. The Kier molecular flexibility index (Phi) is 5.14. The molecule has 3 N–H and O–H groups in total. The zero-order valence-electron chi connectivity index (χ0n) is 9.10. The van der Waals surface area contributed by atoms with Crippen LogP contribution in [-0.2, 0) is 4.74 Å². The van der Waals surface area contributed by atoms with Crippen LogP contribution >= 0.6 is 11.8 Å². The van der Waals surface area contributed by atoms with Gasteiger partial charge in [-0.3, -0.25) is 0 Å². The van der Waals surface area contributed by atoms with Crippen molar-refractivity contribution in [3.05, 3.63) is 23.8 Å². The predicted octanol–water partition coefficient (Wildman–Crippen LogP) is 1.53. The van der Waals surface area contributed by atoms with Crippen LogP contribution in [0.2, 0.25) is 0 Å². The van der Waals surface area contributed by atoms with Gasteiger partial charge in [0, 0.05) is 16.3 Å². The molecule has 1 aromatic carbocycles. The molecule has 16 heavy (non-hydrogen) atoms. The number of aliphatic hydroxyl groups is 1. The summed E-state index contributed by atoms with van der Waals surface area (Å²) >= 11 is 1.41. The number of ether oxygens (including phenoxy) is 1. The van der Waals surface area contributed by atoms with Gasteiger partial charge in [0.15, 0.2) is 0 Å². The second kappa shape index (κ2) is 6.40. The highest BCUT2D eigenvalue weighted by Gasteiger charge is 2.09. The first-order chi connectivity index (χ1) is 7.69. The Labute approximate surface area is 98.8 Å². The summed E-state index contributed by atoms with van der Waals surface area (Å²) in [5.74, 6) is 0.199. The third kappa shape index (κ3) is 3.43. The second-order valence-corrected chi connectivity index (χ2v) is 4.18. The Balaban J connectivity index is 2.84. The van der Waals surface area contributed by atoms with Gasteiger partial charge < -0.3 is 15.6 Å². The van der Waals surface area contributed by atoms with E-state index in [0.29, 0.717) is 23.6 Å². The minimum Gasteiger partial charge on any atom is -0.462 e. The molecule has 5 heteroatoms. The number of benzene rings is 1. The van der Waals surface area contributed by atoms with E-state index in [1.165, 1.54) is 11.8 Å². The topological polar surface area (TPSA) is 72.5 Å². The summed E-state index contributed by atoms with van der Waals surface area (Å²) in [6.45, 7) is 2.19. The Morgan fingerprint density at radius 3 is 2.94 bits per heavy atom. The number of anilines is 1. The van der Waals surface area contributed by atoms with E-state index >= 15 is 0 Å².